The number of carboxylic acid groups (broad SMARTS) is 5. The minimum absolute atomic E-state index is 0.00586. The maximum absolute atomic E-state index is 14.1. The minimum atomic E-state index is -2.25. The Bertz CT molecular complexity index is 3590. The molecule has 50 heteroatoms. The standard InChI is InChI=1S/C67H112N22O28/c1-28(2)21-33(68)53(104)77-30(5)52(103)79-34(11-8-18-74-66(70)71)55(106)82-38(23-44(69)93)59(110)83-39(24-48(99)100)54(105)76-26-45(94)78-36(14-16-46(95)96)56(107)81-37(15-17-47(97)98)57(108)86-42(27-90)61(112)87-50(31(6)91)63(114)84-40(25-49(101)102)60(111)80-35(12-9-19-75-67(72)73)58(109)88-51(32(7)92)64(115)89-20-10-13-43(89)62(113)85-41(65(116)117)22-29(3)4/h28-43,50-51,90-92H,8-27,68H2,1-7H3,(H2,69,93)(H,76,105)(H,77,104)(H,78,94)(H,79,103)(H,80,111)(H,81,107)(H,82,106)(H,83,110)(H,84,114)(H,85,113)(H,86,108)(H,87,112)(H,88,109)(H,95,96)(H,97,98)(H,99,100)(H,101,102)(H,116,117)(H4,70,71,74)(H4,72,73,75)/t30-,31+,32+,33-,34-,35-,36-,37-,38-,39-,40-,41-,42-,43-,50-,51-/m0/s1. The number of rotatable bonds is 55. The van der Waals surface area contributed by atoms with Gasteiger partial charge < -0.3 is 149 Å². The number of aliphatic carboxylic acids is 5. The van der Waals surface area contributed by atoms with Crippen molar-refractivity contribution < 1.29 is 137 Å². The summed E-state index contributed by atoms with van der Waals surface area (Å²) in [6, 6.07) is -25.2. The first kappa shape index (κ1) is 103. The highest BCUT2D eigenvalue weighted by Gasteiger charge is 2.43. The maximum atomic E-state index is 14.1. The Hall–Kier alpha value is -12.2. The van der Waals surface area contributed by atoms with Crippen LogP contribution in [-0.4, -0.2) is 306 Å². The second-order valence-corrected chi connectivity index (χ2v) is 28.2. The smallest absolute Gasteiger partial charge is 0.326 e. The van der Waals surface area contributed by atoms with Crippen LogP contribution in [0.15, 0.2) is 9.98 Å². The van der Waals surface area contributed by atoms with Crippen molar-refractivity contribution in [3.63, 3.8) is 0 Å². The lowest BCUT2D eigenvalue weighted by molar-refractivity contribution is -0.146. The van der Waals surface area contributed by atoms with Gasteiger partial charge in [0.1, 0.15) is 78.5 Å². The molecule has 117 heavy (non-hydrogen) atoms. The van der Waals surface area contributed by atoms with Gasteiger partial charge in [0.2, 0.25) is 88.6 Å². The Labute approximate surface area is 669 Å². The molecule has 16 atom stereocenters. The topological polar surface area (TPSA) is 844 Å². The number of carbonyl (C=O) groups is 20. The number of likely N-dealkylation sites (tertiary alicyclic amines) is 1. The van der Waals surface area contributed by atoms with Crippen molar-refractivity contribution in [2.75, 3.05) is 32.8 Å². The molecule has 0 aromatic heterocycles. The number of hydrogen-bond donors (Lipinski definition) is 27. The number of aliphatic hydroxyl groups excluding tert-OH is 3. The van der Waals surface area contributed by atoms with Crippen LogP contribution in [0.1, 0.15) is 145 Å². The third-order valence-corrected chi connectivity index (χ3v) is 17.1. The number of nitrogens with zero attached hydrogens (tertiary/aromatic N) is 3. The third kappa shape index (κ3) is 39.6. The van der Waals surface area contributed by atoms with Gasteiger partial charge in [-0.1, -0.05) is 27.7 Å². The zero-order chi connectivity index (χ0) is 89.4. The number of guanidine groups is 2. The van der Waals surface area contributed by atoms with E-state index >= 15 is 0 Å². The van der Waals surface area contributed by atoms with E-state index in [2.05, 4.69) is 47.2 Å². The highest BCUT2D eigenvalue weighted by molar-refractivity contribution is 6.02. The lowest BCUT2D eigenvalue weighted by Gasteiger charge is -2.32. The molecule has 1 fully saturated rings. The van der Waals surface area contributed by atoms with E-state index < -0.39 is 286 Å². The number of hydrogen-bond acceptors (Lipinski definition) is 26. The highest BCUT2D eigenvalue weighted by atomic mass is 16.4. The van der Waals surface area contributed by atoms with E-state index in [0.29, 0.717) is 0 Å². The summed E-state index contributed by atoms with van der Waals surface area (Å²) in [4.78, 5) is 273. The van der Waals surface area contributed by atoms with Crippen molar-refractivity contribution in [3.8, 4) is 0 Å². The van der Waals surface area contributed by atoms with Gasteiger partial charge in [0, 0.05) is 32.5 Å². The van der Waals surface area contributed by atoms with Crippen LogP contribution in [0.4, 0.5) is 0 Å². The normalized spacial score (nSPS) is 16.2. The largest absolute Gasteiger partial charge is 0.481 e. The second kappa shape index (κ2) is 51.6. The van der Waals surface area contributed by atoms with Gasteiger partial charge in [0.15, 0.2) is 11.9 Å². The molecule has 0 unspecified atom stereocenters. The molecule has 1 aliphatic rings. The molecule has 0 aromatic carbocycles. The van der Waals surface area contributed by atoms with Crippen LogP contribution in [0.25, 0.3) is 0 Å². The fourth-order valence-corrected chi connectivity index (χ4v) is 11.2. The summed E-state index contributed by atoms with van der Waals surface area (Å²) in [6.07, 6.45) is -11.2. The zero-order valence-electron chi connectivity index (χ0n) is 65.6. The number of carboxylic acids is 5. The van der Waals surface area contributed by atoms with Gasteiger partial charge in [-0.25, -0.2) is 4.79 Å². The monoisotopic (exact) mass is 1670 g/mol. The fraction of sp³-hybridized carbons (Fsp3) is 0.672. The lowest BCUT2D eigenvalue weighted by Crippen LogP contribution is -2.63. The number of aliphatic imine (C=N–C) groups is 2. The molecule has 0 radical (unpaired) electrons. The average Bonchev–Trinajstić information content (AvgIpc) is 1.75. The van der Waals surface area contributed by atoms with E-state index in [0.717, 1.165) is 18.7 Å². The van der Waals surface area contributed by atoms with Crippen molar-refractivity contribution in [1.29, 1.82) is 0 Å². The summed E-state index contributed by atoms with van der Waals surface area (Å²) >= 11 is 0. The summed E-state index contributed by atoms with van der Waals surface area (Å²) in [5.74, 6) is -27.9. The third-order valence-electron chi connectivity index (χ3n) is 17.1. The van der Waals surface area contributed by atoms with Crippen LogP contribution in [0.5, 0.6) is 0 Å². The Morgan fingerprint density at radius 2 is 0.812 bits per heavy atom. The maximum Gasteiger partial charge on any atom is 0.326 e. The summed E-state index contributed by atoms with van der Waals surface area (Å²) in [6.45, 7) is 7.26. The van der Waals surface area contributed by atoms with Crippen LogP contribution in [0.2, 0.25) is 0 Å². The van der Waals surface area contributed by atoms with Crippen molar-refractivity contribution in [3.05, 3.63) is 0 Å². The van der Waals surface area contributed by atoms with Crippen LogP contribution < -0.4 is 104 Å². The van der Waals surface area contributed by atoms with E-state index in [-0.39, 0.29) is 82.4 Å². The fourth-order valence-electron chi connectivity index (χ4n) is 11.2. The average molecular weight is 1670 g/mol. The summed E-state index contributed by atoms with van der Waals surface area (Å²) in [5, 5.41) is 108. The first-order valence-electron chi connectivity index (χ1n) is 36.9. The molecule has 0 aromatic rings. The molecule has 1 saturated heterocycles. The Morgan fingerprint density at radius 1 is 0.419 bits per heavy atom. The molecule has 1 heterocycles. The Kier molecular flexibility index (Phi) is 45.3. The molecule has 1 aliphatic heterocycles. The number of amides is 15. The molecule has 33 N–H and O–H groups in total. The molecule has 15 amide bonds. The van der Waals surface area contributed by atoms with Crippen LogP contribution in [0.3, 0.4) is 0 Å². The van der Waals surface area contributed by atoms with E-state index in [4.69, 9.17) is 34.4 Å². The van der Waals surface area contributed by atoms with Crippen LogP contribution in [-0.2, 0) is 95.9 Å². The molecule has 0 aliphatic carbocycles. The number of nitrogens with one attached hydrogen (secondary N) is 13. The predicted molar refractivity (Wildman–Crippen MR) is 403 cm³/mol. The molecule has 50 nitrogen and oxygen atoms in total. The molecule has 0 bridgehead atoms. The molecule has 0 saturated carbocycles. The molecule has 0 spiro atoms. The Morgan fingerprint density at radius 3 is 1.24 bits per heavy atom. The van der Waals surface area contributed by atoms with Gasteiger partial charge >= 0.3 is 29.8 Å². The van der Waals surface area contributed by atoms with Gasteiger partial charge in [-0.3, -0.25) is 101 Å². The van der Waals surface area contributed by atoms with Gasteiger partial charge in [-0.15, -0.1) is 0 Å². The van der Waals surface area contributed by atoms with E-state index in [1.54, 1.807) is 27.7 Å². The van der Waals surface area contributed by atoms with E-state index in [1.807, 2.05) is 31.9 Å². The summed E-state index contributed by atoms with van der Waals surface area (Å²) in [5.41, 5.74) is 33.0. The number of aliphatic hydroxyl groups is 3. The van der Waals surface area contributed by atoms with Crippen LogP contribution in [0, 0.1) is 11.8 Å². The zero-order valence-corrected chi connectivity index (χ0v) is 65.6. The summed E-state index contributed by atoms with van der Waals surface area (Å²) in [7, 11) is 0. The Balaban J connectivity index is 3.52. The molecular formula is C67H112N22O28. The van der Waals surface area contributed by atoms with Gasteiger partial charge in [-0.05, 0) is 96.8 Å². The van der Waals surface area contributed by atoms with Crippen molar-refractivity contribution >= 4 is 130 Å². The van der Waals surface area contributed by atoms with E-state index in [1.165, 1.54) is 6.92 Å². The van der Waals surface area contributed by atoms with Crippen molar-refractivity contribution in [1.82, 2.24) is 74.0 Å². The highest BCUT2D eigenvalue weighted by Crippen LogP contribution is 2.21. The van der Waals surface area contributed by atoms with Crippen LogP contribution >= 0.6 is 0 Å². The van der Waals surface area contributed by atoms with Gasteiger partial charge in [-0.2, -0.15) is 0 Å². The molecule has 658 valence electrons. The van der Waals surface area contributed by atoms with Gasteiger partial charge in [0.05, 0.1) is 50.7 Å². The quantitative estimate of drug-likeness (QED) is 0.0153. The number of primary amides is 1. The van der Waals surface area contributed by atoms with Gasteiger partial charge in [0.25, 0.3) is 0 Å². The second-order valence-electron chi connectivity index (χ2n) is 28.2. The first-order chi connectivity index (χ1) is 54.5. The number of carbonyl (C=O) groups excluding carboxylic acids is 15. The molecule has 1 rings (SSSR count). The first-order valence-corrected chi connectivity index (χ1v) is 36.9. The van der Waals surface area contributed by atoms with Crippen molar-refractivity contribution in [2.24, 2.45) is 56.2 Å². The van der Waals surface area contributed by atoms with E-state index in [9.17, 15) is 137 Å². The minimum Gasteiger partial charge on any atom is -0.481 e. The SMILES string of the molecule is CC(C)C[C@H](NC(=O)[C@@H]1CCCN1C(=O)[C@@H](NC(=O)[C@H](CCCN=C(N)N)NC(=O)[C@H](CC(=O)O)NC(=O)[C@@H](NC(=O)[C@H](CO)NC(=O)[C@H](CCC(=O)O)NC(=O)[C@H](CCC(=O)O)NC(=O)CNC(=O)[C@H](CC(=O)O)NC(=O)[C@H](CC(N)=O)NC(=O)[C@H](CCCN=C(N)N)NC(=O)[C@H](C)NC(=O)[C@@H](N)CC(C)C)[C@@H](C)O)[C@@H](C)O)C(=O)O. The lowest BCUT2D eigenvalue weighted by atomic mass is 10.0. The summed E-state index contributed by atoms with van der Waals surface area (Å²) < 4.78 is 0. The molecular weight excluding hydrogens is 1560 g/mol. The predicted octanol–water partition coefficient (Wildman–Crippen LogP) is -12.1. The number of nitrogens with two attached hydrogens (primary N) is 6. The van der Waals surface area contributed by atoms with Crippen molar-refractivity contribution in [2.45, 2.75) is 242 Å².